The Balaban J connectivity index is 2.54. The highest BCUT2D eigenvalue weighted by atomic mass is 35.5. The molecule has 1 aromatic rings. The molecular formula is C13H13ClFNO3. The zero-order valence-corrected chi connectivity index (χ0v) is 11.3. The van der Waals surface area contributed by atoms with Gasteiger partial charge in [0.15, 0.2) is 6.61 Å². The molecule has 0 unspecified atom stereocenters. The highest BCUT2D eigenvalue weighted by molar-refractivity contribution is 6.30. The number of carbonyl (C=O) groups excluding carboxylic acids is 2. The fourth-order valence-corrected chi connectivity index (χ4v) is 1.37. The number of benzene rings is 1. The SMILES string of the molecule is CC(C)=CC(=O)OCC(=O)Nc1cc(Cl)ccc1F. The zero-order valence-electron chi connectivity index (χ0n) is 10.5. The van der Waals surface area contributed by atoms with Crippen molar-refractivity contribution in [2.75, 3.05) is 11.9 Å². The second-order valence-corrected chi connectivity index (χ2v) is 4.44. The van der Waals surface area contributed by atoms with Crippen molar-refractivity contribution in [3.8, 4) is 0 Å². The first-order chi connectivity index (χ1) is 8.88. The van der Waals surface area contributed by atoms with Crippen LogP contribution in [0.1, 0.15) is 13.8 Å². The molecule has 102 valence electrons. The Morgan fingerprint density at radius 2 is 2.11 bits per heavy atom. The predicted octanol–water partition coefficient (Wildman–Crippen LogP) is 2.93. The molecule has 0 spiro atoms. The van der Waals surface area contributed by atoms with Gasteiger partial charge in [0.2, 0.25) is 0 Å². The van der Waals surface area contributed by atoms with Gasteiger partial charge in [-0.05, 0) is 32.0 Å². The normalized spacial score (nSPS) is 9.68. The van der Waals surface area contributed by atoms with Crippen LogP contribution in [0.5, 0.6) is 0 Å². The van der Waals surface area contributed by atoms with Crippen LogP contribution in [0.2, 0.25) is 5.02 Å². The van der Waals surface area contributed by atoms with Gasteiger partial charge in [-0.1, -0.05) is 17.2 Å². The van der Waals surface area contributed by atoms with Gasteiger partial charge < -0.3 is 10.1 Å². The smallest absolute Gasteiger partial charge is 0.331 e. The summed E-state index contributed by atoms with van der Waals surface area (Å²) < 4.78 is 18.0. The quantitative estimate of drug-likeness (QED) is 0.683. The third kappa shape index (κ3) is 5.52. The van der Waals surface area contributed by atoms with Crippen molar-refractivity contribution in [3.63, 3.8) is 0 Å². The highest BCUT2D eigenvalue weighted by Crippen LogP contribution is 2.19. The Kier molecular flexibility index (Phi) is 5.51. The van der Waals surface area contributed by atoms with E-state index < -0.39 is 24.3 Å². The van der Waals surface area contributed by atoms with Gasteiger partial charge in [0.1, 0.15) is 5.82 Å². The molecule has 0 aromatic heterocycles. The molecule has 19 heavy (non-hydrogen) atoms. The van der Waals surface area contributed by atoms with Gasteiger partial charge in [0, 0.05) is 11.1 Å². The monoisotopic (exact) mass is 285 g/mol. The van der Waals surface area contributed by atoms with E-state index >= 15 is 0 Å². The third-order valence-corrected chi connectivity index (χ3v) is 2.19. The molecule has 6 heteroatoms. The fourth-order valence-electron chi connectivity index (χ4n) is 1.19. The number of hydrogen-bond acceptors (Lipinski definition) is 3. The Morgan fingerprint density at radius 1 is 1.42 bits per heavy atom. The van der Waals surface area contributed by atoms with Gasteiger partial charge in [0.05, 0.1) is 5.69 Å². The fraction of sp³-hybridized carbons (Fsp3) is 0.231. The van der Waals surface area contributed by atoms with Crippen molar-refractivity contribution in [3.05, 3.63) is 40.7 Å². The molecule has 0 radical (unpaired) electrons. The van der Waals surface area contributed by atoms with Crippen molar-refractivity contribution in [1.29, 1.82) is 0 Å². The number of rotatable bonds is 4. The van der Waals surface area contributed by atoms with Crippen LogP contribution in [0.15, 0.2) is 29.8 Å². The standard InChI is InChI=1S/C13H13ClFNO3/c1-8(2)5-13(18)19-7-12(17)16-11-6-9(14)3-4-10(11)15/h3-6H,7H2,1-2H3,(H,16,17). The van der Waals surface area contributed by atoms with Crippen LogP contribution in [0, 0.1) is 5.82 Å². The van der Waals surface area contributed by atoms with E-state index in [9.17, 15) is 14.0 Å². The summed E-state index contributed by atoms with van der Waals surface area (Å²) in [6, 6.07) is 3.77. The molecule has 0 aliphatic heterocycles. The van der Waals surface area contributed by atoms with E-state index in [1.165, 1.54) is 18.2 Å². The molecule has 0 bridgehead atoms. The van der Waals surface area contributed by atoms with Crippen molar-refractivity contribution in [1.82, 2.24) is 0 Å². The van der Waals surface area contributed by atoms with Gasteiger partial charge in [-0.15, -0.1) is 0 Å². The van der Waals surface area contributed by atoms with E-state index in [1.807, 2.05) is 0 Å². The number of amides is 1. The van der Waals surface area contributed by atoms with E-state index in [2.05, 4.69) is 10.1 Å². The molecule has 1 rings (SSSR count). The molecule has 0 fully saturated rings. The molecule has 0 aliphatic rings. The summed E-state index contributed by atoms with van der Waals surface area (Å²) in [6.07, 6.45) is 1.26. The number of allylic oxidation sites excluding steroid dienone is 1. The predicted molar refractivity (Wildman–Crippen MR) is 70.4 cm³/mol. The van der Waals surface area contributed by atoms with Gasteiger partial charge >= 0.3 is 5.97 Å². The molecule has 0 aliphatic carbocycles. The minimum atomic E-state index is -0.642. The summed E-state index contributed by atoms with van der Waals surface area (Å²) >= 11 is 5.67. The molecule has 0 saturated carbocycles. The first-order valence-electron chi connectivity index (χ1n) is 5.45. The molecule has 1 aromatic carbocycles. The van der Waals surface area contributed by atoms with Gasteiger partial charge in [-0.2, -0.15) is 0 Å². The van der Waals surface area contributed by atoms with E-state index in [0.29, 0.717) is 5.02 Å². The zero-order chi connectivity index (χ0) is 14.4. The average molecular weight is 286 g/mol. The van der Waals surface area contributed by atoms with Crippen LogP contribution in [-0.4, -0.2) is 18.5 Å². The Bertz CT molecular complexity index is 525. The van der Waals surface area contributed by atoms with Crippen molar-refractivity contribution in [2.45, 2.75) is 13.8 Å². The second-order valence-electron chi connectivity index (χ2n) is 4.00. The Labute approximate surface area is 115 Å². The summed E-state index contributed by atoms with van der Waals surface area (Å²) in [6.45, 7) is 2.96. The molecule has 4 nitrogen and oxygen atoms in total. The van der Waals surface area contributed by atoms with Gasteiger partial charge in [-0.3, -0.25) is 4.79 Å². The lowest BCUT2D eigenvalue weighted by atomic mass is 10.3. The maximum Gasteiger partial charge on any atom is 0.331 e. The number of halogens is 2. The average Bonchev–Trinajstić information content (AvgIpc) is 2.30. The van der Waals surface area contributed by atoms with E-state index in [1.54, 1.807) is 13.8 Å². The van der Waals surface area contributed by atoms with Crippen molar-refractivity contribution >= 4 is 29.2 Å². The minimum Gasteiger partial charge on any atom is -0.452 e. The topological polar surface area (TPSA) is 55.4 Å². The maximum absolute atomic E-state index is 13.3. The summed E-state index contributed by atoms with van der Waals surface area (Å²) in [5, 5.41) is 2.55. The van der Waals surface area contributed by atoms with Crippen molar-refractivity contribution in [2.24, 2.45) is 0 Å². The van der Waals surface area contributed by atoms with Gasteiger partial charge in [-0.25, -0.2) is 9.18 Å². The van der Waals surface area contributed by atoms with Crippen LogP contribution >= 0.6 is 11.6 Å². The third-order valence-electron chi connectivity index (χ3n) is 1.95. The Hall–Kier alpha value is -1.88. The number of nitrogens with one attached hydrogen (secondary N) is 1. The first kappa shape index (κ1) is 15.2. The lowest BCUT2D eigenvalue weighted by Crippen LogP contribution is -2.20. The number of carbonyl (C=O) groups is 2. The van der Waals surface area contributed by atoms with Crippen LogP contribution in [0.4, 0.5) is 10.1 Å². The summed E-state index contributed by atoms with van der Waals surface area (Å²) in [5.74, 6) is -1.88. The van der Waals surface area contributed by atoms with E-state index in [4.69, 9.17) is 11.6 Å². The number of anilines is 1. The van der Waals surface area contributed by atoms with E-state index in [0.717, 1.165) is 11.6 Å². The lowest BCUT2D eigenvalue weighted by Gasteiger charge is -2.07. The minimum absolute atomic E-state index is 0.0595. The molecule has 0 atom stereocenters. The summed E-state index contributed by atoms with van der Waals surface area (Å²) in [5.41, 5.74) is 0.696. The lowest BCUT2D eigenvalue weighted by molar-refractivity contribution is -0.142. The van der Waals surface area contributed by atoms with Crippen LogP contribution in [0.25, 0.3) is 0 Å². The van der Waals surface area contributed by atoms with Gasteiger partial charge in [0.25, 0.3) is 5.91 Å². The molecule has 1 amide bonds. The first-order valence-corrected chi connectivity index (χ1v) is 5.83. The second kappa shape index (κ2) is 6.89. The van der Waals surface area contributed by atoms with Crippen LogP contribution < -0.4 is 5.32 Å². The largest absolute Gasteiger partial charge is 0.452 e. The van der Waals surface area contributed by atoms with Crippen LogP contribution in [0.3, 0.4) is 0 Å². The maximum atomic E-state index is 13.3. The summed E-state index contributed by atoms with van der Waals surface area (Å²) in [7, 11) is 0. The molecule has 0 saturated heterocycles. The summed E-state index contributed by atoms with van der Waals surface area (Å²) in [4.78, 5) is 22.6. The van der Waals surface area contributed by atoms with Crippen LogP contribution in [-0.2, 0) is 14.3 Å². The van der Waals surface area contributed by atoms with Crippen molar-refractivity contribution < 1.29 is 18.7 Å². The molecular weight excluding hydrogens is 273 g/mol. The number of hydrogen-bond donors (Lipinski definition) is 1. The Morgan fingerprint density at radius 3 is 2.74 bits per heavy atom. The highest BCUT2D eigenvalue weighted by Gasteiger charge is 2.09. The molecule has 0 heterocycles. The number of ether oxygens (including phenoxy) is 1. The molecule has 1 N–H and O–H groups in total. The number of esters is 1. The van der Waals surface area contributed by atoms with E-state index in [-0.39, 0.29) is 5.69 Å².